The van der Waals surface area contributed by atoms with Gasteiger partial charge in [-0.15, -0.1) is 0 Å². The maximum Gasteiger partial charge on any atom is 0.142 e. The molecule has 1 aliphatic rings. The van der Waals surface area contributed by atoms with Crippen LogP contribution >= 0.6 is 0 Å². The Balaban J connectivity index is 1.87. The molecule has 3 heteroatoms. The number of rotatable bonds is 4. The molecule has 1 aliphatic heterocycles. The van der Waals surface area contributed by atoms with E-state index >= 15 is 0 Å². The summed E-state index contributed by atoms with van der Waals surface area (Å²) in [7, 11) is 0. The second-order valence-electron chi connectivity index (χ2n) is 3.63. The number of likely N-dealkylation sites (tertiary alicyclic amines) is 1. The number of ether oxygens (including phenoxy) is 1. The summed E-state index contributed by atoms with van der Waals surface area (Å²) in [5.41, 5.74) is 1.23. The van der Waals surface area contributed by atoms with Crippen molar-refractivity contribution in [1.82, 2.24) is 9.88 Å². The van der Waals surface area contributed by atoms with Crippen LogP contribution in [-0.2, 0) is 6.42 Å². The molecule has 0 saturated carbocycles. The smallest absolute Gasteiger partial charge is 0.142 e. The monoisotopic (exact) mass is 192 g/mol. The van der Waals surface area contributed by atoms with E-state index in [0.717, 1.165) is 12.2 Å². The van der Waals surface area contributed by atoms with Crippen LogP contribution in [0.1, 0.15) is 18.9 Å². The Hall–Kier alpha value is -1.09. The second-order valence-corrected chi connectivity index (χ2v) is 3.63. The lowest BCUT2D eigenvalue weighted by Gasteiger charge is -2.30. The fraction of sp³-hybridized carbons (Fsp3) is 0.545. The first-order valence-corrected chi connectivity index (χ1v) is 5.17. The van der Waals surface area contributed by atoms with Gasteiger partial charge in [0.05, 0.1) is 6.20 Å². The van der Waals surface area contributed by atoms with Gasteiger partial charge in [-0.2, -0.15) is 0 Å². The van der Waals surface area contributed by atoms with Crippen LogP contribution in [0.4, 0.5) is 0 Å². The van der Waals surface area contributed by atoms with Gasteiger partial charge in [0.2, 0.25) is 0 Å². The van der Waals surface area contributed by atoms with Crippen molar-refractivity contribution in [3.63, 3.8) is 0 Å². The first kappa shape index (κ1) is 9.46. The van der Waals surface area contributed by atoms with Gasteiger partial charge >= 0.3 is 0 Å². The molecule has 1 aromatic heterocycles. The van der Waals surface area contributed by atoms with Crippen molar-refractivity contribution in [1.29, 1.82) is 0 Å². The van der Waals surface area contributed by atoms with Gasteiger partial charge in [-0.05, 0) is 24.5 Å². The Kier molecular flexibility index (Phi) is 2.99. The van der Waals surface area contributed by atoms with Crippen LogP contribution < -0.4 is 4.74 Å². The minimum atomic E-state index is 0.703. The van der Waals surface area contributed by atoms with E-state index < -0.39 is 0 Å². The molecule has 0 bridgehead atoms. The molecule has 0 radical (unpaired) electrons. The normalized spacial score (nSPS) is 16.4. The van der Waals surface area contributed by atoms with Gasteiger partial charge in [0.15, 0.2) is 0 Å². The lowest BCUT2D eigenvalue weighted by atomic mass is 10.2. The average Bonchev–Trinajstić information content (AvgIpc) is 2.16. The SMILES string of the molecule is CCc1cncc(OCN2CCC2)c1. The van der Waals surface area contributed by atoms with Crippen molar-refractivity contribution in [2.45, 2.75) is 19.8 Å². The zero-order valence-corrected chi connectivity index (χ0v) is 8.57. The molecule has 0 unspecified atom stereocenters. The van der Waals surface area contributed by atoms with Crippen LogP contribution in [0, 0.1) is 0 Å². The molecule has 14 heavy (non-hydrogen) atoms. The van der Waals surface area contributed by atoms with Gasteiger partial charge in [0.25, 0.3) is 0 Å². The Bertz CT molecular complexity index is 297. The highest BCUT2D eigenvalue weighted by Crippen LogP contribution is 2.13. The van der Waals surface area contributed by atoms with E-state index in [9.17, 15) is 0 Å². The molecular weight excluding hydrogens is 176 g/mol. The molecule has 0 aliphatic carbocycles. The molecule has 76 valence electrons. The van der Waals surface area contributed by atoms with Gasteiger partial charge in [-0.25, -0.2) is 0 Å². The molecule has 2 heterocycles. The third kappa shape index (κ3) is 2.23. The largest absolute Gasteiger partial charge is 0.477 e. The highest BCUT2D eigenvalue weighted by atomic mass is 16.5. The maximum absolute atomic E-state index is 5.62. The molecular formula is C11H16N2O. The summed E-state index contributed by atoms with van der Waals surface area (Å²) in [4.78, 5) is 6.41. The first-order chi connectivity index (χ1) is 6.88. The fourth-order valence-electron chi connectivity index (χ4n) is 1.41. The molecule has 2 rings (SSSR count). The van der Waals surface area contributed by atoms with Crippen LogP contribution in [0.15, 0.2) is 18.5 Å². The molecule has 0 aromatic carbocycles. The minimum absolute atomic E-state index is 0.703. The molecule has 1 saturated heterocycles. The molecule has 0 amide bonds. The van der Waals surface area contributed by atoms with Gasteiger partial charge in [-0.3, -0.25) is 9.88 Å². The van der Waals surface area contributed by atoms with E-state index in [1.807, 2.05) is 6.20 Å². The van der Waals surface area contributed by atoms with E-state index in [1.165, 1.54) is 25.1 Å². The average molecular weight is 192 g/mol. The topological polar surface area (TPSA) is 25.4 Å². The number of pyridine rings is 1. The minimum Gasteiger partial charge on any atom is -0.477 e. The van der Waals surface area contributed by atoms with Crippen molar-refractivity contribution in [2.24, 2.45) is 0 Å². The predicted molar refractivity (Wildman–Crippen MR) is 55.3 cm³/mol. The van der Waals surface area contributed by atoms with Crippen LogP contribution in [0.3, 0.4) is 0 Å². The Morgan fingerprint density at radius 3 is 2.93 bits per heavy atom. The summed E-state index contributed by atoms with van der Waals surface area (Å²) in [6, 6.07) is 2.06. The highest BCUT2D eigenvalue weighted by Gasteiger charge is 2.13. The summed E-state index contributed by atoms with van der Waals surface area (Å²) in [6.45, 7) is 5.16. The van der Waals surface area contributed by atoms with Crippen molar-refractivity contribution >= 4 is 0 Å². The summed E-state index contributed by atoms with van der Waals surface area (Å²) in [5.74, 6) is 0.885. The van der Waals surface area contributed by atoms with E-state index in [1.54, 1.807) is 6.20 Å². The van der Waals surface area contributed by atoms with Crippen molar-refractivity contribution in [2.75, 3.05) is 19.8 Å². The Morgan fingerprint density at radius 1 is 1.43 bits per heavy atom. The highest BCUT2D eigenvalue weighted by molar-refractivity contribution is 5.23. The van der Waals surface area contributed by atoms with E-state index in [2.05, 4.69) is 22.9 Å². The Morgan fingerprint density at radius 2 is 2.29 bits per heavy atom. The summed E-state index contributed by atoms with van der Waals surface area (Å²) >= 11 is 0. The first-order valence-electron chi connectivity index (χ1n) is 5.17. The van der Waals surface area contributed by atoms with Crippen molar-refractivity contribution in [3.05, 3.63) is 24.0 Å². The van der Waals surface area contributed by atoms with Crippen LogP contribution in [0.25, 0.3) is 0 Å². The quantitative estimate of drug-likeness (QED) is 0.725. The Labute approximate surface area is 84.7 Å². The summed E-state index contributed by atoms with van der Waals surface area (Å²) in [5, 5.41) is 0. The number of hydrogen-bond acceptors (Lipinski definition) is 3. The standard InChI is InChI=1S/C11H16N2O/c1-2-10-6-11(8-12-7-10)14-9-13-4-3-5-13/h6-8H,2-5,9H2,1H3. The molecule has 1 aromatic rings. The van der Waals surface area contributed by atoms with Crippen LogP contribution in [0.5, 0.6) is 5.75 Å². The van der Waals surface area contributed by atoms with Gasteiger partial charge in [0, 0.05) is 19.3 Å². The number of aromatic nitrogens is 1. The number of aryl methyl sites for hydroxylation is 1. The number of hydrogen-bond donors (Lipinski definition) is 0. The zero-order chi connectivity index (χ0) is 9.80. The molecule has 0 spiro atoms. The third-order valence-electron chi connectivity index (χ3n) is 2.54. The predicted octanol–water partition coefficient (Wildman–Crippen LogP) is 1.69. The van der Waals surface area contributed by atoms with E-state index in [-0.39, 0.29) is 0 Å². The summed E-state index contributed by atoms with van der Waals surface area (Å²) in [6.07, 6.45) is 5.97. The molecule has 1 fully saturated rings. The molecule has 0 N–H and O–H groups in total. The van der Waals surface area contributed by atoms with Crippen molar-refractivity contribution < 1.29 is 4.74 Å². The maximum atomic E-state index is 5.62. The number of nitrogens with zero attached hydrogens (tertiary/aromatic N) is 2. The second kappa shape index (κ2) is 4.42. The van der Waals surface area contributed by atoms with Gasteiger partial charge in [-0.1, -0.05) is 6.92 Å². The van der Waals surface area contributed by atoms with Gasteiger partial charge in [0.1, 0.15) is 12.5 Å². The van der Waals surface area contributed by atoms with Crippen LogP contribution in [0.2, 0.25) is 0 Å². The lowest BCUT2D eigenvalue weighted by Crippen LogP contribution is -2.39. The van der Waals surface area contributed by atoms with Crippen molar-refractivity contribution in [3.8, 4) is 5.75 Å². The van der Waals surface area contributed by atoms with E-state index in [4.69, 9.17) is 4.74 Å². The third-order valence-corrected chi connectivity index (χ3v) is 2.54. The van der Waals surface area contributed by atoms with E-state index in [0.29, 0.717) is 6.73 Å². The molecule has 0 atom stereocenters. The zero-order valence-electron chi connectivity index (χ0n) is 8.57. The molecule has 3 nitrogen and oxygen atoms in total. The van der Waals surface area contributed by atoms with Gasteiger partial charge < -0.3 is 4.74 Å². The fourth-order valence-corrected chi connectivity index (χ4v) is 1.41. The lowest BCUT2D eigenvalue weighted by molar-refractivity contribution is 0.0728. The summed E-state index contributed by atoms with van der Waals surface area (Å²) < 4.78 is 5.62. The van der Waals surface area contributed by atoms with Crippen LogP contribution in [-0.4, -0.2) is 29.7 Å².